The summed E-state index contributed by atoms with van der Waals surface area (Å²) in [5.41, 5.74) is 3.39. The molecule has 2 aromatic rings. The molecule has 2 nitrogen and oxygen atoms in total. The first-order valence-electron chi connectivity index (χ1n) is 6.89. The minimum Gasteiger partial charge on any atom is -0.508 e. The predicted octanol–water partition coefficient (Wildman–Crippen LogP) is 4.35. The van der Waals surface area contributed by atoms with Crippen LogP contribution in [0.15, 0.2) is 48.5 Å². The Bertz CT molecular complexity index is 505. The van der Waals surface area contributed by atoms with Gasteiger partial charge >= 0.3 is 0 Å². The summed E-state index contributed by atoms with van der Waals surface area (Å²) < 4.78 is 0. The Hall–Kier alpha value is -1.96. The number of hydrogen-bond donors (Lipinski definition) is 2. The highest BCUT2D eigenvalue weighted by molar-refractivity contribution is 5.46. The molecule has 0 fully saturated rings. The molecule has 0 saturated carbocycles. The summed E-state index contributed by atoms with van der Waals surface area (Å²) in [5.74, 6) is 0.342. The summed E-state index contributed by atoms with van der Waals surface area (Å²) in [5, 5.41) is 13.0. The average Bonchev–Trinajstić information content (AvgIpc) is 2.45. The zero-order valence-corrected chi connectivity index (χ0v) is 11.4. The Balaban J connectivity index is 1.91. The highest BCUT2D eigenvalue weighted by atomic mass is 16.3. The third kappa shape index (κ3) is 4.02. The molecule has 19 heavy (non-hydrogen) atoms. The number of nitrogens with one attached hydrogen (secondary N) is 1. The number of anilines is 1. The molecule has 2 rings (SSSR count). The van der Waals surface area contributed by atoms with Crippen LogP contribution in [0, 0.1) is 0 Å². The van der Waals surface area contributed by atoms with Crippen molar-refractivity contribution in [2.24, 2.45) is 0 Å². The monoisotopic (exact) mass is 255 g/mol. The third-order valence-corrected chi connectivity index (χ3v) is 3.25. The van der Waals surface area contributed by atoms with Gasteiger partial charge in [-0.05, 0) is 36.6 Å². The average molecular weight is 255 g/mol. The maximum atomic E-state index is 9.69. The number of para-hydroxylation sites is 1. The lowest BCUT2D eigenvalue weighted by molar-refractivity contribution is 0.469. The van der Waals surface area contributed by atoms with Crippen molar-refractivity contribution in [2.75, 3.05) is 5.32 Å². The lowest BCUT2D eigenvalue weighted by Crippen LogP contribution is -1.99. The second-order valence-electron chi connectivity index (χ2n) is 4.78. The highest BCUT2D eigenvalue weighted by Gasteiger charge is 1.99. The van der Waals surface area contributed by atoms with Crippen molar-refractivity contribution in [1.29, 1.82) is 0 Å². The summed E-state index contributed by atoms with van der Waals surface area (Å²) in [6.07, 6.45) is 3.62. The summed E-state index contributed by atoms with van der Waals surface area (Å²) in [6, 6.07) is 16.0. The minimum atomic E-state index is 0.342. The molecule has 0 heterocycles. The molecule has 0 aromatic heterocycles. The van der Waals surface area contributed by atoms with Crippen molar-refractivity contribution in [1.82, 2.24) is 0 Å². The first-order chi connectivity index (χ1) is 9.29. The molecule has 0 atom stereocenters. The van der Waals surface area contributed by atoms with Crippen LogP contribution >= 0.6 is 0 Å². The van der Waals surface area contributed by atoms with E-state index in [4.69, 9.17) is 0 Å². The van der Waals surface area contributed by atoms with Crippen LogP contribution in [0.2, 0.25) is 0 Å². The standard InChI is InChI=1S/C17H21NO/c1-2-3-6-14-9-11-16(12-10-14)18-13-15-7-4-5-8-17(15)19/h4-5,7-12,18-19H,2-3,6,13H2,1H3. The zero-order chi connectivity index (χ0) is 13.5. The first-order valence-corrected chi connectivity index (χ1v) is 6.89. The largest absolute Gasteiger partial charge is 0.508 e. The molecule has 0 aliphatic carbocycles. The number of unbranched alkanes of at least 4 members (excludes halogenated alkanes) is 1. The van der Waals surface area contributed by atoms with Crippen molar-refractivity contribution in [3.8, 4) is 5.75 Å². The van der Waals surface area contributed by atoms with Crippen LogP contribution in [0.25, 0.3) is 0 Å². The minimum absolute atomic E-state index is 0.342. The van der Waals surface area contributed by atoms with Crippen LogP contribution in [0.3, 0.4) is 0 Å². The molecule has 2 N–H and O–H groups in total. The van der Waals surface area contributed by atoms with E-state index in [0.717, 1.165) is 17.7 Å². The predicted molar refractivity (Wildman–Crippen MR) is 80.5 cm³/mol. The summed E-state index contributed by atoms with van der Waals surface area (Å²) in [7, 11) is 0. The lowest BCUT2D eigenvalue weighted by atomic mass is 10.1. The second kappa shape index (κ2) is 6.83. The van der Waals surface area contributed by atoms with Crippen LogP contribution in [0.5, 0.6) is 5.75 Å². The van der Waals surface area contributed by atoms with Crippen molar-refractivity contribution in [2.45, 2.75) is 32.7 Å². The Morgan fingerprint density at radius 3 is 2.42 bits per heavy atom. The number of rotatable bonds is 6. The molecule has 0 aliphatic rings. The van der Waals surface area contributed by atoms with E-state index in [0.29, 0.717) is 12.3 Å². The molecule has 100 valence electrons. The summed E-state index contributed by atoms with van der Waals surface area (Å²) in [6.45, 7) is 2.85. The van der Waals surface area contributed by atoms with Gasteiger partial charge in [0.15, 0.2) is 0 Å². The highest BCUT2D eigenvalue weighted by Crippen LogP contribution is 2.18. The van der Waals surface area contributed by atoms with Crippen LogP contribution in [0.4, 0.5) is 5.69 Å². The number of hydrogen-bond acceptors (Lipinski definition) is 2. The molecule has 0 amide bonds. The SMILES string of the molecule is CCCCc1ccc(NCc2ccccc2O)cc1. The van der Waals surface area contributed by atoms with E-state index in [2.05, 4.69) is 36.5 Å². The Morgan fingerprint density at radius 2 is 1.74 bits per heavy atom. The smallest absolute Gasteiger partial charge is 0.120 e. The van der Waals surface area contributed by atoms with Crippen LogP contribution < -0.4 is 5.32 Å². The van der Waals surface area contributed by atoms with Crippen molar-refractivity contribution < 1.29 is 5.11 Å². The van der Waals surface area contributed by atoms with E-state index < -0.39 is 0 Å². The van der Waals surface area contributed by atoms with Crippen molar-refractivity contribution >= 4 is 5.69 Å². The number of phenolic OH excluding ortho intramolecular Hbond substituents is 1. The van der Waals surface area contributed by atoms with Gasteiger partial charge in [0.2, 0.25) is 0 Å². The van der Waals surface area contributed by atoms with E-state index >= 15 is 0 Å². The maximum absolute atomic E-state index is 9.69. The van der Waals surface area contributed by atoms with E-state index in [1.54, 1.807) is 6.07 Å². The molecule has 0 bridgehead atoms. The maximum Gasteiger partial charge on any atom is 0.120 e. The third-order valence-electron chi connectivity index (χ3n) is 3.25. The molecule has 0 aliphatic heterocycles. The normalized spacial score (nSPS) is 10.4. The molecule has 0 radical (unpaired) electrons. The number of aryl methyl sites for hydroxylation is 1. The van der Waals surface area contributed by atoms with Gasteiger partial charge in [0.1, 0.15) is 5.75 Å². The summed E-state index contributed by atoms with van der Waals surface area (Å²) >= 11 is 0. The topological polar surface area (TPSA) is 32.3 Å². The van der Waals surface area contributed by atoms with Gasteiger partial charge in [0, 0.05) is 17.8 Å². The molecule has 0 unspecified atom stereocenters. The van der Waals surface area contributed by atoms with E-state index in [1.807, 2.05) is 18.2 Å². The Labute approximate surface area is 115 Å². The zero-order valence-electron chi connectivity index (χ0n) is 11.4. The van der Waals surface area contributed by atoms with E-state index in [1.165, 1.54) is 18.4 Å². The van der Waals surface area contributed by atoms with Crippen LogP contribution in [-0.2, 0) is 13.0 Å². The second-order valence-corrected chi connectivity index (χ2v) is 4.78. The van der Waals surface area contributed by atoms with Gasteiger partial charge in [-0.2, -0.15) is 0 Å². The molecule has 0 saturated heterocycles. The van der Waals surface area contributed by atoms with Gasteiger partial charge in [-0.1, -0.05) is 43.7 Å². The van der Waals surface area contributed by atoms with E-state index in [-0.39, 0.29) is 0 Å². The summed E-state index contributed by atoms with van der Waals surface area (Å²) in [4.78, 5) is 0. The van der Waals surface area contributed by atoms with Crippen LogP contribution in [-0.4, -0.2) is 5.11 Å². The quantitative estimate of drug-likeness (QED) is 0.804. The van der Waals surface area contributed by atoms with Gasteiger partial charge in [0.25, 0.3) is 0 Å². The van der Waals surface area contributed by atoms with E-state index in [9.17, 15) is 5.11 Å². The molecule has 0 spiro atoms. The molecule has 2 aromatic carbocycles. The van der Waals surface area contributed by atoms with Crippen molar-refractivity contribution in [3.63, 3.8) is 0 Å². The van der Waals surface area contributed by atoms with Crippen molar-refractivity contribution in [3.05, 3.63) is 59.7 Å². The van der Waals surface area contributed by atoms with Gasteiger partial charge in [-0.25, -0.2) is 0 Å². The van der Waals surface area contributed by atoms with Gasteiger partial charge in [-0.3, -0.25) is 0 Å². The first kappa shape index (κ1) is 13.5. The number of phenols is 1. The Kier molecular flexibility index (Phi) is 4.85. The fourth-order valence-electron chi connectivity index (χ4n) is 2.03. The fourth-order valence-corrected chi connectivity index (χ4v) is 2.03. The molecular weight excluding hydrogens is 234 g/mol. The Morgan fingerprint density at radius 1 is 1.00 bits per heavy atom. The lowest BCUT2D eigenvalue weighted by Gasteiger charge is -2.09. The fraction of sp³-hybridized carbons (Fsp3) is 0.294. The van der Waals surface area contributed by atoms with Crippen LogP contribution in [0.1, 0.15) is 30.9 Å². The van der Waals surface area contributed by atoms with Gasteiger partial charge in [0.05, 0.1) is 0 Å². The number of aromatic hydroxyl groups is 1. The number of benzene rings is 2. The van der Waals surface area contributed by atoms with Gasteiger partial charge in [-0.15, -0.1) is 0 Å². The van der Waals surface area contributed by atoms with Gasteiger partial charge < -0.3 is 10.4 Å². The molecule has 2 heteroatoms. The molecular formula is C17H21NO.